The zero-order valence-corrected chi connectivity index (χ0v) is 10.0. The van der Waals surface area contributed by atoms with Crippen LogP contribution < -0.4 is 0 Å². The van der Waals surface area contributed by atoms with Gasteiger partial charge in [0, 0.05) is 0 Å². The number of aliphatic carboxylic acids is 1. The molecule has 18 heavy (non-hydrogen) atoms. The number of benzene rings is 1. The molecule has 1 fully saturated rings. The van der Waals surface area contributed by atoms with Crippen molar-refractivity contribution in [2.75, 3.05) is 0 Å². The lowest BCUT2D eigenvalue weighted by atomic mass is 9.96. The molecule has 2 unspecified atom stereocenters. The Balaban J connectivity index is 1.90. The Bertz CT molecular complexity index is 427. The second-order valence-corrected chi connectivity index (χ2v) is 4.58. The summed E-state index contributed by atoms with van der Waals surface area (Å²) in [5, 5.41) is 9.01. The van der Waals surface area contributed by atoms with Gasteiger partial charge in [0.1, 0.15) is 6.61 Å². The smallest absolute Gasteiger partial charge is 0.310 e. The highest BCUT2D eigenvalue weighted by Crippen LogP contribution is 2.33. The van der Waals surface area contributed by atoms with E-state index in [1.165, 1.54) is 0 Å². The van der Waals surface area contributed by atoms with Crippen molar-refractivity contribution in [3.63, 3.8) is 0 Å². The van der Waals surface area contributed by atoms with Crippen LogP contribution in [0.5, 0.6) is 0 Å². The third-order valence-corrected chi connectivity index (χ3v) is 3.36. The molecule has 0 bridgehead atoms. The maximum absolute atomic E-state index is 11.8. The van der Waals surface area contributed by atoms with E-state index < -0.39 is 17.8 Å². The Morgan fingerprint density at radius 2 is 1.83 bits per heavy atom. The van der Waals surface area contributed by atoms with Crippen molar-refractivity contribution in [3.05, 3.63) is 35.9 Å². The summed E-state index contributed by atoms with van der Waals surface area (Å²) in [5.74, 6) is -2.34. The van der Waals surface area contributed by atoms with E-state index in [-0.39, 0.29) is 12.6 Å². The lowest BCUT2D eigenvalue weighted by Gasteiger charge is -2.14. The first-order valence-corrected chi connectivity index (χ1v) is 6.12. The van der Waals surface area contributed by atoms with E-state index in [0.29, 0.717) is 12.8 Å². The van der Waals surface area contributed by atoms with Gasteiger partial charge in [-0.1, -0.05) is 36.8 Å². The summed E-state index contributed by atoms with van der Waals surface area (Å²) in [7, 11) is 0. The number of carboxylic acid groups (broad SMARTS) is 1. The molecule has 1 aliphatic carbocycles. The molecule has 1 N–H and O–H groups in total. The maximum Gasteiger partial charge on any atom is 0.310 e. The lowest BCUT2D eigenvalue weighted by molar-refractivity contribution is -0.157. The largest absolute Gasteiger partial charge is 0.481 e. The first-order chi connectivity index (χ1) is 8.68. The summed E-state index contributed by atoms with van der Waals surface area (Å²) in [6.07, 6.45) is 1.97. The van der Waals surface area contributed by atoms with Crippen molar-refractivity contribution in [2.24, 2.45) is 11.8 Å². The van der Waals surface area contributed by atoms with Crippen molar-refractivity contribution < 1.29 is 19.4 Å². The van der Waals surface area contributed by atoms with Gasteiger partial charge in [-0.25, -0.2) is 0 Å². The molecule has 2 rings (SSSR count). The first-order valence-electron chi connectivity index (χ1n) is 6.12. The minimum Gasteiger partial charge on any atom is -0.481 e. The van der Waals surface area contributed by atoms with Crippen LogP contribution in [0, 0.1) is 11.8 Å². The Morgan fingerprint density at radius 1 is 1.17 bits per heavy atom. The number of carboxylic acids is 1. The number of hydrogen-bond acceptors (Lipinski definition) is 3. The van der Waals surface area contributed by atoms with E-state index >= 15 is 0 Å². The maximum atomic E-state index is 11.8. The third-order valence-electron chi connectivity index (χ3n) is 3.36. The van der Waals surface area contributed by atoms with Crippen LogP contribution in [0.4, 0.5) is 0 Å². The molecule has 1 saturated carbocycles. The molecule has 0 heterocycles. The molecule has 0 aromatic heterocycles. The second-order valence-electron chi connectivity index (χ2n) is 4.58. The van der Waals surface area contributed by atoms with E-state index in [9.17, 15) is 9.59 Å². The second kappa shape index (κ2) is 5.67. The van der Waals surface area contributed by atoms with Gasteiger partial charge in [0.25, 0.3) is 0 Å². The van der Waals surface area contributed by atoms with E-state index in [0.717, 1.165) is 12.0 Å². The highest BCUT2D eigenvalue weighted by molar-refractivity contribution is 5.81. The van der Waals surface area contributed by atoms with E-state index in [4.69, 9.17) is 9.84 Å². The molecule has 1 aromatic carbocycles. The fraction of sp³-hybridized carbons (Fsp3) is 0.429. The number of rotatable bonds is 4. The fourth-order valence-electron chi connectivity index (χ4n) is 2.37. The van der Waals surface area contributed by atoms with Crippen LogP contribution in [-0.4, -0.2) is 17.0 Å². The van der Waals surface area contributed by atoms with Crippen LogP contribution in [0.15, 0.2) is 30.3 Å². The summed E-state index contributed by atoms with van der Waals surface area (Å²) in [5.41, 5.74) is 0.913. The van der Waals surface area contributed by atoms with Crippen LogP contribution in [0.1, 0.15) is 24.8 Å². The minimum atomic E-state index is -0.894. The Kier molecular flexibility index (Phi) is 3.97. The molecule has 96 valence electrons. The summed E-state index contributed by atoms with van der Waals surface area (Å²) < 4.78 is 5.19. The predicted molar refractivity (Wildman–Crippen MR) is 64.7 cm³/mol. The molecular formula is C14H16O4. The van der Waals surface area contributed by atoms with Crippen molar-refractivity contribution in [1.29, 1.82) is 0 Å². The molecule has 2 atom stereocenters. The average Bonchev–Trinajstić information content (AvgIpc) is 2.86. The van der Waals surface area contributed by atoms with Gasteiger partial charge in [0.05, 0.1) is 11.8 Å². The molecule has 0 saturated heterocycles. The van der Waals surface area contributed by atoms with E-state index in [1.807, 2.05) is 30.3 Å². The number of carbonyl (C=O) groups is 2. The highest BCUT2D eigenvalue weighted by Gasteiger charge is 2.38. The van der Waals surface area contributed by atoms with Gasteiger partial charge in [-0.15, -0.1) is 0 Å². The normalized spacial score (nSPS) is 22.7. The Labute approximate surface area is 106 Å². The number of hydrogen-bond donors (Lipinski definition) is 1. The molecular weight excluding hydrogens is 232 g/mol. The highest BCUT2D eigenvalue weighted by atomic mass is 16.5. The molecule has 1 aliphatic rings. The molecule has 1 aromatic rings. The van der Waals surface area contributed by atoms with Crippen LogP contribution in [0.3, 0.4) is 0 Å². The van der Waals surface area contributed by atoms with Gasteiger partial charge in [-0.3, -0.25) is 9.59 Å². The van der Waals surface area contributed by atoms with E-state index in [1.54, 1.807) is 0 Å². The van der Waals surface area contributed by atoms with E-state index in [2.05, 4.69) is 0 Å². The molecule has 4 heteroatoms. The summed E-state index contributed by atoms with van der Waals surface area (Å²) in [6, 6.07) is 9.38. The van der Waals surface area contributed by atoms with Crippen LogP contribution in [0.25, 0.3) is 0 Å². The monoisotopic (exact) mass is 248 g/mol. The van der Waals surface area contributed by atoms with Crippen molar-refractivity contribution >= 4 is 11.9 Å². The topological polar surface area (TPSA) is 63.6 Å². The fourth-order valence-corrected chi connectivity index (χ4v) is 2.37. The predicted octanol–water partition coefficient (Wildman–Crippen LogP) is 2.23. The lowest BCUT2D eigenvalue weighted by Crippen LogP contribution is -2.26. The Hall–Kier alpha value is -1.84. The zero-order valence-electron chi connectivity index (χ0n) is 10.0. The van der Waals surface area contributed by atoms with Crippen molar-refractivity contribution in [1.82, 2.24) is 0 Å². The van der Waals surface area contributed by atoms with Gasteiger partial charge in [-0.2, -0.15) is 0 Å². The van der Waals surface area contributed by atoms with Crippen molar-refractivity contribution in [2.45, 2.75) is 25.9 Å². The molecule has 0 radical (unpaired) electrons. The minimum absolute atomic E-state index is 0.211. The van der Waals surface area contributed by atoms with Gasteiger partial charge < -0.3 is 9.84 Å². The third kappa shape index (κ3) is 2.88. The van der Waals surface area contributed by atoms with Crippen LogP contribution >= 0.6 is 0 Å². The summed E-state index contributed by atoms with van der Waals surface area (Å²) in [6.45, 7) is 0.211. The molecule has 0 spiro atoms. The van der Waals surface area contributed by atoms with Gasteiger partial charge in [0.2, 0.25) is 0 Å². The Morgan fingerprint density at radius 3 is 2.50 bits per heavy atom. The quantitative estimate of drug-likeness (QED) is 0.830. The molecule has 0 aliphatic heterocycles. The molecule has 4 nitrogen and oxygen atoms in total. The average molecular weight is 248 g/mol. The zero-order chi connectivity index (χ0) is 13.0. The number of carbonyl (C=O) groups excluding carboxylic acids is 1. The van der Waals surface area contributed by atoms with Gasteiger partial charge >= 0.3 is 11.9 Å². The van der Waals surface area contributed by atoms with Crippen LogP contribution in [0.2, 0.25) is 0 Å². The standard InChI is InChI=1S/C14H16O4/c15-13(16)11-7-4-8-12(11)14(17)18-9-10-5-2-1-3-6-10/h1-3,5-6,11-12H,4,7-9H2,(H,15,16). The summed E-state index contributed by atoms with van der Waals surface area (Å²) in [4.78, 5) is 22.8. The molecule has 0 amide bonds. The summed E-state index contributed by atoms with van der Waals surface area (Å²) >= 11 is 0. The van der Waals surface area contributed by atoms with Gasteiger partial charge in [0.15, 0.2) is 0 Å². The van der Waals surface area contributed by atoms with Crippen molar-refractivity contribution in [3.8, 4) is 0 Å². The SMILES string of the molecule is O=C(O)C1CCCC1C(=O)OCc1ccccc1. The van der Waals surface area contributed by atoms with Gasteiger partial charge in [-0.05, 0) is 18.4 Å². The first kappa shape index (κ1) is 12.6. The number of ether oxygens (including phenoxy) is 1. The number of esters is 1. The van der Waals surface area contributed by atoms with Crippen LogP contribution in [-0.2, 0) is 20.9 Å².